The lowest BCUT2D eigenvalue weighted by molar-refractivity contribution is -0.870. The second-order valence-corrected chi connectivity index (χ2v) is 19.9. The topological polar surface area (TPSA) is 108 Å². The summed E-state index contributed by atoms with van der Waals surface area (Å²) in [7, 11) is 1.23. The lowest BCUT2D eigenvalue weighted by Gasteiger charge is -2.29. The van der Waals surface area contributed by atoms with E-state index in [-0.39, 0.29) is 12.5 Å². The molecule has 0 bridgehead atoms. The van der Waals surface area contributed by atoms with Crippen LogP contribution >= 0.6 is 7.82 Å². The van der Waals surface area contributed by atoms with Gasteiger partial charge in [-0.2, -0.15) is 0 Å². The zero-order valence-electron chi connectivity index (χ0n) is 41.1. The molecule has 0 saturated heterocycles. The van der Waals surface area contributed by atoms with Crippen molar-refractivity contribution in [2.45, 2.75) is 231 Å². The monoisotopic (exact) mass is 891 g/mol. The van der Waals surface area contributed by atoms with Crippen molar-refractivity contribution in [3.05, 3.63) is 60.8 Å². The molecule has 0 aliphatic rings. The number of unbranched alkanes of at least 4 members (excludes halogenated alkanes) is 26. The third kappa shape index (κ3) is 46.2. The summed E-state index contributed by atoms with van der Waals surface area (Å²) in [4.78, 5) is 25.3. The highest BCUT2D eigenvalue weighted by Gasteiger charge is 2.23. The van der Waals surface area contributed by atoms with Gasteiger partial charge in [-0.05, 0) is 71.1 Å². The smallest absolute Gasteiger partial charge is 0.268 e. The fourth-order valence-electron chi connectivity index (χ4n) is 7.22. The van der Waals surface area contributed by atoms with Crippen LogP contribution in [0.2, 0.25) is 0 Å². The van der Waals surface area contributed by atoms with Crippen LogP contribution in [0, 0.1) is 0 Å². The van der Waals surface area contributed by atoms with Gasteiger partial charge < -0.3 is 28.8 Å². The molecule has 0 heterocycles. The van der Waals surface area contributed by atoms with E-state index in [9.17, 15) is 19.4 Å². The average Bonchev–Trinajstić information content (AvgIpc) is 3.23. The van der Waals surface area contributed by atoms with E-state index >= 15 is 0 Å². The Morgan fingerprint density at radius 3 is 1.48 bits per heavy atom. The molecule has 1 amide bonds. The number of carbonyl (C=O) groups is 1. The number of hydrogen-bond donors (Lipinski definition) is 2. The van der Waals surface area contributed by atoms with Crippen molar-refractivity contribution in [2.75, 3.05) is 40.9 Å². The van der Waals surface area contributed by atoms with Gasteiger partial charge in [0.2, 0.25) is 5.91 Å². The maximum atomic E-state index is 12.8. The Balaban J connectivity index is 4.01. The molecule has 0 aliphatic heterocycles. The molecule has 0 aliphatic carbocycles. The molecule has 0 fully saturated rings. The van der Waals surface area contributed by atoms with Crippen LogP contribution in [0.1, 0.15) is 219 Å². The first-order chi connectivity index (χ1) is 30.0. The number of rotatable bonds is 46. The number of likely N-dealkylation sites (N-methyl/N-ethyl adjacent to an activating group) is 1. The molecule has 0 radical (unpaired) electrons. The first-order valence-electron chi connectivity index (χ1n) is 25.6. The molecule has 62 heavy (non-hydrogen) atoms. The number of carbonyl (C=O) groups excluding carboxylic acids is 1. The van der Waals surface area contributed by atoms with Crippen LogP contribution < -0.4 is 10.2 Å². The lowest BCUT2D eigenvalue weighted by atomic mass is 10.0. The van der Waals surface area contributed by atoms with Gasteiger partial charge in [0.1, 0.15) is 13.2 Å². The number of allylic oxidation sites excluding steroid dienone is 9. The third-order valence-corrected chi connectivity index (χ3v) is 12.2. The summed E-state index contributed by atoms with van der Waals surface area (Å²) >= 11 is 0. The minimum atomic E-state index is -4.60. The van der Waals surface area contributed by atoms with E-state index in [0.29, 0.717) is 17.4 Å². The van der Waals surface area contributed by atoms with Crippen LogP contribution in [-0.4, -0.2) is 68.5 Å². The van der Waals surface area contributed by atoms with E-state index < -0.39 is 26.6 Å². The van der Waals surface area contributed by atoms with Crippen molar-refractivity contribution in [1.29, 1.82) is 0 Å². The quantitative estimate of drug-likeness (QED) is 0.0273. The Bertz CT molecular complexity index is 1190. The second-order valence-electron chi connectivity index (χ2n) is 18.5. The highest BCUT2D eigenvalue weighted by molar-refractivity contribution is 7.45. The maximum Gasteiger partial charge on any atom is 0.268 e. The third-order valence-electron chi connectivity index (χ3n) is 11.3. The van der Waals surface area contributed by atoms with Crippen LogP contribution in [0.3, 0.4) is 0 Å². The molecule has 0 spiro atoms. The molecular weight excluding hydrogens is 792 g/mol. The van der Waals surface area contributed by atoms with Gasteiger partial charge in [0.25, 0.3) is 7.82 Å². The molecule has 3 atom stereocenters. The number of hydrogen-bond acceptors (Lipinski definition) is 6. The number of aliphatic hydroxyl groups is 1. The van der Waals surface area contributed by atoms with Crippen molar-refractivity contribution >= 4 is 13.7 Å². The highest BCUT2D eigenvalue weighted by Crippen LogP contribution is 2.38. The van der Waals surface area contributed by atoms with Crippen molar-refractivity contribution < 1.29 is 32.9 Å². The predicted octanol–water partition coefficient (Wildman–Crippen LogP) is 14.3. The average molecular weight is 891 g/mol. The maximum absolute atomic E-state index is 12.8. The first kappa shape index (κ1) is 60.2. The van der Waals surface area contributed by atoms with Gasteiger partial charge in [-0.3, -0.25) is 9.36 Å². The molecule has 0 aromatic heterocycles. The van der Waals surface area contributed by atoms with E-state index in [1.54, 1.807) is 6.08 Å². The molecule has 362 valence electrons. The molecule has 0 aromatic rings. The van der Waals surface area contributed by atoms with Crippen molar-refractivity contribution in [2.24, 2.45) is 0 Å². The molecule has 2 N–H and O–H groups in total. The summed E-state index contributed by atoms with van der Waals surface area (Å²) in [6.07, 6.45) is 59.1. The van der Waals surface area contributed by atoms with Gasteiger partial charge in [-0.15, -0.1) is 0 Å². The summed E-state index contributed by atoms with van der Waals surface area (Å²) in [5.74, 6) is -0.216. The van der Waals surface area contributed by atoms with Crippen molar-refractivity contribution in [1.82, 2.24) is 5.32 Å². The number of nitrogens with one attached hydrogen (secondary N) is 1. The number of phosphoric acid groups is 1. The fourth-order valence-corrected chi connectivity index (χ4v) is 7.95. The number of aliphatic hydroxyl groups excluding tert-OH is 1. The zero-order valence-corrected chi connectivity index (χ0v) is 42.0. The minimum absolute atomic E-state index is 0.0108. The number of quaternary nitrogens is 1. The predicted molar refractivity (Wildman–Crippen MR) is 265 cm³/mol. The Kier molecular flexibility index (Phi) is 43.1. The van der Waals surface area contributed by atoms with Gasteiger partial charge in [0.05, 0.1) is 39.9 Å². The van der Waals surface area contributed by atoms with Gasteiger partial charge in [-0.1, -0.05) is 203 Å². The largest absolute Gasteiger partial charge is 0.756 e. The minimum Gasteiger partial charge on any atom is -0.756 e. The Labute approximate surface area is 383 Å². The van der Waals surface area contributed by atoms with Crippen LogP contribution in [0.5, 0.6) is 0 Å². The SMILES string of the molecule is C/C=C/CC/C=C/CC/C=C/C(O)C(COP(=O)([O-])OCC[N+](C)(C)C)NC(=O)CCCCCCCCCCCCCCCCC/C=C\C/C=C\CCCCCCCCCCC. The summed E-state index contributed by atoms with van der Waals surface area (Å²) in [5.41, 5.74) is 0. The summed E-state index contributed by atoms with van der Waals surface area (Å²) in [5, 5.41) is 13.7. The number of nitrogens with zero attached hydrogens (tertiary/aromatic N) is 1. The molecule has 0 saturated carbocycles. The van der Waals surface area contributed by atoms with Crippen LogP contribution in [0.15, 0.2) is 60.8 Å². The van der Waals surface area contributed by atoms with Gasteiger partial charge in [0, 0.05) is 6.42 Å². The number of amides is 1. The molecule has 0 aromatic carbocycles. The summed E-state index contributed by atoms with van der Waals surface area (Å²) in [6.45, 7) is 4.38. The zero-order chi connectivity index (χ0) is 45.7. The summed E-state index contributed by atoms with van der Waals surface area (Å²) in [6, 6.07) is -0.909. The highest BCUT2D eigenvalue weighted by atomic mass is 31.2. The molecule has 3 unspecified atom stereocenters. The van der Waals surface area contributed by atoms with Crippen molar-refractivity contribution in [3.8, 4) is 0 Å². The molecular formula is C53H99N2O6P. The number of phosphoric ester groups is 1. The van der Waals surface area contributed by atoms with Gasteiger partial charge in [-0.25, -0.2) is 0 Å². The fraction of sp³-hybridized carbons (Fsp3) is 0.792. The molecule has 9 heteroatoms. The Hall–Kier alpha value is -1.80. The van der Waals surface area contributed by atoms with Crippen molar-refractivity contribution in [3.63, 3.8) is 0 Å². The second kappa shape index (κ2) is 44.4. The van der Waals surface area contributed by atoms with Gasteiger partial charge >= 0.3 is 0 Å². The van der Waals surface area contributed by atoms with E-state index in [4.69, 9.17) is 9.05 Å². The molecule has 8 nitrogen and oxygen atoms in total. The summed E-state index contributed by atoms with van der Waals surface area (Å²) < 4.78 is 23.1. The van der Waals surface area contributed by atoms with E-state index in [1.807, 2.05) is 40.2 Å². The van der Waals surface area contributed by atoms with Crippen LogP contribution in [0.25, 0.3) is 0 Å². The Morgan fingerprint density at radius 1 is 0.597 bits per heavy atom. The van der Waals surface area contributed by atoms with E-state index in [2.05, 4.69) is 54.8 Å². The van der Waals surface area contributed by atoms with Crippen LogP contribution in [-0.2, 0) is 18.4 Å². The Morgan fingerprint density at radius 2 is 1.02 bits per heavy atom. The van der Waals surface area contributed by atoms with E-state index in [1.165, 1.54) is 148 Å². The van der Waals surface area contributed by atoms with Gasteiger partial charge in [0.15, 0.2) is 0 Å². The van der Waals surface area contributed by atoms with E-state index in [0.717, 1.165) is 51.4 Å². The first-order valence-corrected chi connectivity index (χ1v) is 27.1. The lowest BCUT2D eigenvalue weighted by Crippen LogP contribution is -2.45. The standard InChI is InChI=1S/C53H99N2O6P/c1-6-8-10-12-14-16-17-18-19-20-21-22-23-24-25-26-27-28-29-30-31-32-33-34-35-36-37-39-41-43-45-47-53(57)54-51(50-61-62(58,59)60-49-48-55(3,4)5)52(56)46-44-42-40-38-15-13-11-9-7-2/h7,9,15,21-22,24-25,38,44,46,51-52,56H,6,8,10-14,16-20,23,26-37,39-43,45,47-50H2,1-5H3,(H-,54,57,58,59)/b9-7+,22-21-,25-24-,38-15+,46-44+. The normalized spacial score (nSPS) is 14.6. The molecule has 0 rings (SSSR count). The van der Waals surface area contributed by atoms with Crippen LogP contribution in [0.4, 0.5) is 0 Å².